The molecule has 0 heterocycles. The highest BCUT2D eigenvalue weighted by Crippen LogP contribution is 2.14. The van der Waals surface area contributed by atoms with E-state index in [2.05, 4.69) is 24.5 Å². The number of carbonyl (C=O) groups excluding carboxylic acids is 1. The minimum Gasteiger partial charge on any atom is -0.491 e. The molecule has 4 nitrogen and oxygen atoms in total. The van der Waals surface area contributed by atoms with Gasteiger partial charge in [0.25, 0.3) is 5.91 Å². The zero-order valence-electron chi connectivity index (χ0n) is 13.1. The van der Waals surface area contributed by atoms with E-state index in [1.54, 1.807) is 12.1 Å². The van der Waals surface area contributed by atoms with Crippen LogP contribution in [0.3, 0.4) is 0 Å². The van der Waals surface area contributed by atoms with Crippen LogP contribution in [-0.2, 0) is 0 Å². The molecule has 1 atom stereocenters. The molecule has 1 rings (SSSR count). The summed E-state index contributed by atoms with van der Waals surface area (Å²) in [4.78, 5) is 11.9. The van der Waals surface area contributed by atoms with Gasteiger partial charge in [-0.1, -0.05) is 13.8 Å². The minimum atomic E-state index is -0.0432. The molecular weight excluding hydrogens is 288 g/mol. The van der Waals surface area contributed by atoms with Crippen molar-refractivity contribution in [2.75, 3.05) is 19.6 Å². The van der Waals surface area contributed by atoms with Crippen LogP contribution in [0, 0.1) is 0 Å². The summed E-state index contributed by atoms with van der Waals surface area (Å²) < 4.78 is 5.68. The van der Waals surface area contributed by atoms with Crippen molar-refractivity contribution in [2.45, 2.75) is 39.7 Å². The van der Waals surface area contributed by atoms with Crippen LogP contribution in [0.4, 0.5) is 0 Å². The van der Waals surface area contributed by atoms with Crippen molar-refractivity contribution in [1.82, 2.24) is 10.6 Å². The number of hydrogen-bond acceptors (Lipinski definition) is 3. The molecule has 0 saturated heterocycles. The molecule has 1 aromatic carbocycles. The standard InChI is InChI=1S/C16H26N2O2.ClH/c1-4-10-17-11-12-18-16(19)14-6-8-15(9-7-14)20-13(3)5-2;/h6-9,13,17H,4-5,10-12H2,1-3H3,(H,18,19);1H. The largest absolute Gasteiger partial charge is 0.491 e. The van der Waals surface area contributed by atoms with E-state index in [1.807, 2.05) is 19.1 Å². The fourth-order valence-corrected chi connectivity index (χ4v) is 1.67. The highest BCUT2D eigenvalue weighted by atomic mass is 35.5. The van der Waals surface area contributed by atoms with E-state index in [0.29, 0.717) is 12.1 Å². The Balaban J connectivity index is 0.00000400. The van der Waals surface area contributed by atoms with Crippen molar-refractivity contribution in [3.05, 3.63) is 29.8 Å². The highest BCUT2D eigenvalue weighted by Gasteiger charge is 2.06. The van der Waals surface area contributed by atoms with E-state index >= 15 is 0 Å². The lowest BCUT2D eigenvalue weighted by molar-refractivity contribution is 0.0954. The molecule has 0 aromatic heterocycles. The first-order chi connectivity index (χ1) is 9.67. The minimum absolute atomic E-state index is 0. The molecule has 0 saturated carbocycles. The number of ether oxygens (including phenoxy) is 1. The van der Waals surface area contributed by atoms with E-state index in [0.717, 1.165) is 31.7 Å². The van der Waals surface area contributed by atoms with Gasteiger partial charge in [0.05, 0.1) is 6.10 Å². The van der Waals surface area contributed by atoms with Crippen molar-refractivity contribution in [3.8, 4) is 5.75 Å². The quantitative estimate of drug-likeness (QED) is 0.689. The molecule has 0 bridgehead atoms. The van der Waals surface area contributed by atoms with Crippen LogP contribution >= 0.6 is 12.4 Å². The van der Waals surface area contributed by atoms with Crippen LogP contribution in [0.15, 0.2) is 24.3 Å². The molecule has 1 amide bonds. The lowest BCUT2D eigenvalue weighted by atomic mass is 10.2. The summed E-state index contributed by atoms with van der Waals surface area (Å²) in [5, 5.41) is 6.13. The summed E-state index contributed by atoms with van der Waals surface area (Å²) in [6.07, 6.45) is 2.26. The second-order valence-electron chi connectivity index (χ2n) is 4.87. The lowest BCUT2D eigenvalue weighted by Gasteiger charge is -2.12. The number of halogens is 1. The number of hydrogen-bond donors (Lipinski definition) is 2. The fraction of sp³-hybridized carbons (Fsp3) is 0.562. The Morgan fingerprint density at radius 2 is 1.81 bits per heavy atom. The Hall–Kier alpha value is -1.26. The van der Waals surface area contributed by atoms with E-state index in [4.69, 9.17) is 4.74 Å². The summed E-state index contributed by atoms with van der Waals surface area (Å²) in [6.45, 7) is 8.66. The van der Waals surface area contributed by atoms with Gasteiger partial charge in [0, 0.05) is 18.7 Å². The molecule has 21 heavy (non-hydrogen) atoms. The Bertz CT molecular complexity index is 396. The molecule has 120 valence electrons. The zero-order valence-corrected chi connectivity index (χ0v) is 14.0. The van der Waals surface area contributed by atoms with Crippen LogP contribution in [-0.4, -0.2) is 31.6 Å². The van der Waals surface area contributed by atoms with Crippen molar-refractivity contribution in [1.29, 1.82) is 0 Å². The average Bonchev–Trinajstić information content (AvgIpc) is 2.47. The van der Waals surface area contributed by atoms with Crippen LogP contribution in [0.2, 0.25) is 0 Å². The van der Waals surface area contributed by atoms with Gasteiger partial charge in [0.1, 0.15) is 5.75 Å². The van der Waals surface area contributed by atoms with Crippen LogP contribution in [0.5, 0.6) is 5.75 Å². The van der Waals surface area contributed by atoms with E-state index in [1.165, 1.54) is 0 Å². The van der Waals surface area contributed by atoms with Gasteiger partial charge >= 0.3 is 0 Å². The van der Waals surface area contributed by atoms with E-state index in [-0.39, 0.29) is 24.4 Å². The molecule has 0 aliphatic rings. The first-order valence-corrected chi connectivity index (χ1v) is 7.43. The van der Waals surface area contributed by atoms with Gasteiger partial charge in [0.15, 0.2) is 0 Å². The SMILES string of the molecule is CCCNCCNC(=O)c1ccc(OC(C)CC)cc1.Cl. The van der Waals surface area contributed by atoms with E-state index in [9.17, 15) is 4.79 Å². The summed E-state index contributed by atoms with van der Waals surface area (Å²) in [7, 11) is 0. The third-order valence-corrected chi connectivity index (χ3v) is 3.04. The topological polar surface area (TPSA) is 50.4 Å². The van der Waals surface area contributed by atoms with Crippen molar-refractivity contribution >= 4 is 18.3 Å². The maximum absolute atomic E-state index is 11.9. The second-order valence-corrected chi connectivity index (χ2v) is 4.87. The van der Waals surface area contributed by atoms with Crippen molar-refractivity contribution < 1.29 is 9.53 Å². The van der Waals surface area contributed by atoms with E-state index < -0.39 is 0 Å². The molecule has 0 aliphatic heterocycles. The molecule has 0 radical (unpaired) electrons. The highest BCUT2D eigenvalue weighted by molar-refractivity contribution is 5.94. The van der Waals surface area contributed by atoms with Gasteiger partial charge in [-0.25, -0.2) is 0 Å². The number of rotatable bonds is 9. The van der Waals surface area contributed by atoms with Crippen LogP contribution in [0.1, 0.15) is 44.0 Å². The predicted molar refractivity (Wildman–Crippen MR) is 89.6 cm³/mol. The fourth-order valence-electron chi connectivity index (χ4n) is 1.67. The van der Waals surface area contributed by atoms with Gasteiger partial charge in [-0.2, -0.15) is 0 Å². The average molecular weight is 315 g/mol. The molecular formula is C16H27ClN2O2. The smallest absolute Gasteiger partial charge is 0.251 e. The Kier molecular flexibility index (Phi) is 10.7. The summed E-state index contributed by atoms with van der Waals surface area (Å²) in [5.74, 6) is 0.763. The van der Waals surface area contributed by atoms with Gasteiger partial charge in [0.2, 0.25) is 0 Å². The first kappa shape index (κ1) is 19.7. The third kappa shape index (κ3) is 7.93. The molecule has 0 fully saturated rings. The molecule has 2 N–H and O–H groups in total. The molecule has 5 heteroatoms. The molecule has 0 aliphatic carbocycles. The van der Waals surface area contributed by atoms with Gasteiger partial charge in [-0.05, 0) is 50.6 Å². The Morgan fingerprint density at radius 3 is 2.38 bits per heavy atom. The first-order valence-electron chi connectivity index (χ1n) is 7.43. The van der Waals surface area contributed by atoms with Gasteiger partial charge in [-0.3, -0.25) is 4.79 Å². The van der Waals surface area contributed by atoms with Crippen LogP contribution in [0.25, 0.3) is 0 Å². The maximum Gasteiger partial charge on any atom is 0.251 e. The van der Waals surface area contributed by atoms with Gasteiger partial charge in [-0.15, -0.1) is 12.4 Å². The summed E-state index contributed by atoms with van der Waals surface area (Å²) >= 11 is 0. The maximum atomic E-state index is 11.9. The monoisotopic (exact) mass is 314 g/mol. The zero-order chi connectivity index (χ0) is 14.8. The number of nitrogens with one attached hydrogen (secondary N) is 2. The van der Waals surface area contributed by atoms with Crippen molar-refractivity contribution in [2.24, 2.45) is 0 Å². The number of benzene rings is 1. The summed E-state index contributed by atoms with van der Waals surface area (Å²) in [6, 6.07) is 7.28. The molecule has 0 spiro atoms. The number of amides is 1. The lowest BCUT2D eigenvalue weighted by Crippen LogP contribution is -2.32. The Morgan fingerprint density at radius 1 is 1.14 bits per heavy atom. The third-order valence-electron chi connectivity index (χ3n) is 3.04. The normalized spacial score (nSPS) is 11.4. The summed E-state index contributed by atoms with van der Waals surface area (Å²) in [5.41, 5.74) is 0.664. The van der Waals surface area contributed by atoms with Crippen LogP contribution < -0.4 is 15.4 Å². The molecule has 1 aromatic rings. The van der Waals surface area contributed by atoms with Gasteiger partial charge < -0.3 is 15.4 Å². The predicted octanol–water partition coefficient (Wildman–Crippen LogP) is 3.02. The molecule has 1 unspecified atom stereocenters. The number of carbonyl (C=O) groups is 1. The Labute approximate surface area is 134 Å². The second kappa shape index (κ2) is 11.4. The van der Waals surface area contributed by atoms with Crippen molar-refractivity contribution in [3.63, 3.8) is 0 Å².